The summed E-state index contributed by atoms with van der Waals surface area (Å²) in [5.74, 6) is 0. The van der Waals surface area contributed by atoms with Crippen LogP contribution in [-0.4, -0.2) is 6.71 Å². The average molecular weight is 1070 g/mol. The van der Waals surface area contributed by atoms with Gasteiger partial charge in [0.05, 0.1) is 0 Å². The van der Waals surface area contributed by atoms with Crippen molar-refractivity contribution < 1.29 is 0 Å². The lowest BCUT2D eigenvalue weighted by atomic mass is 9.33. The lowest BCUT2D eigenvalue weighted by molar-refractivity contribution is 0.331. The molecule has 0 atom stereocenters. The first kappa shape index (κ1) is 55.5. The molecular weight excluding hydrogens is 978 g/mol. The lowest BCUT2D eigenvalue weighted by Crippen LogP contribution is -2.62. The highest BCUT2D eigenvalue weighted by Crippen LogP contribution is 2.56. The summed E-state index contributed by atoms with van der Waals surface area (Å²) in [6.07, 6.45) is 7.04. The Morgan fingerprint density at radius 3 is 1.04 bits per heavy atom. The number of benzene rings is 7. The van der Waals surface area contributed by atoms with Crippen molar-refractivity contribution in [1.29, 1.82) is 0 Å². The molecule has 2 heterocycles. The third-order valence-corrected chi connectivity index (χ3v) is 21.2. The second kappa shape index (κ2) is 18.0. The molecule has 0 N–H and O–H groups in total. The largest absolute Gasteiger partial charge is 0.311 e. The molecule has 0 saturated carbocycles. The van der Waals surface area contributed by atoms with Crippen molar-refractivity contribution in [1.82, 2.24) is 0 Å². The average Bonchev–Trinajstić information content (AvgIpc) is 3.42. The maximum Gasteiger partial charge on any atom is 0.252 e. The van der Waals surface area contributed by atoms with E-state index in [4.69, 9.17) is 0 Å². The van der Waals surface area contributed by atoms with E-state index < -0.39 is 0 Å². The van der Waals surface area contributed by atoms with E-state index in [1.54, 1.807) is 0 Å². The molecule has 0 fully saturated rings. The maximum atomic E-state index is 2.76. The van der Waals surface area contributed by atoms with E-state index in [2.05, 4.69) is 275 Å². The Kier molecular flexibility index (Phi) is 12.3. The Bertz CT molecular complexity index is 3660. The number of aryl methyl sites for hydroxylation is 3. The molecule has 0 spiro atoms. The minimum absolute atomic E-state index is 0.0134. The molecule has 4 heteroatoms. The molecule has 0 unspecified atom stereocenters. The van der Waals surface area contributed by atoms with Gasteiger partial charge in [-0.15, -0.1) is 0 Å². The number of nitrogens with zero attached hydrogens (tertiary/aromatic N) is 3. The smallest absolute Gasteiger partial charge is 0.252 e. The van der Waals surface area contributed by atoms with Crippen LogP contribution in [0.5, 0.6) is 0 Å². The van der Waals surface area contributed by atoms with Crippen molar-refractivity contribution in [3.8, 4) is 0 Å². The van der Waals surface area contributed by atoms with Crippen molar-refractivity contribution in [2.75, 3.05) is 14.7 Å². The van der Waals surface area contributed by atoms with Crippen molar-refractivity contribution in [2.24, 2.45) is 0 Å². The predicted molar refractivity (Wildman–Crippen MR) is 353 cm³/mol. The van der Waals surface area contributed by atoms with Crippen molar-refractivity contribution >= 4 is 74.3 Å². The highest BCUT2D eigenvalue weighted by Gasteiger charge is 2.49. The maximum absolute atomic E-state index is 2.76. The summed E-state index contributed by atoms with van der Waals surface area (Å²) < 4.78 is 0. The van der Waals surface area contributed by atoms with E-state index in [0.29, 0.717) is 0 Å². The Morgan fingerprint density at radius 2 is 0.667 bits per heavy atom. The van der Waals surface area contributed by atoms with Crippen LogP contribution < -0.4 is 31.1 Å². The number of rotatable bonds is 5. The van der Waals surface area contributed by atoms with Gasteiger partial charge in [0.2, 0.25) is 0 Å². The number of hydrogen-bond acceptors (Lipinski definition) is 3. The van der Waals surface area contributed by atoms with Crippen LogP contribution in [0.25, 0.3) is 0 Å². The van der Waals surface area contributed by atoms with Crippen molar-refractivity contribution in [2.45, 2.75) is 227 Å². The lowest BCUT2D eigenvalue weighted by Gasteiger charge is -2.49. The third kappa shape index (κ3) is 8.87. The van der Waals surface area contributed by atoms with Crippen LogP contribution in [0, 0.1) is 20.8 Å². The summed E-state index contributed by atoms with van der Waals surface area (Å²) in [6.45, 7) is 50.9. The molecule has 3 aliphatic carbocycles. The molecule has 0 saturated heterocycles. The van der Waals surface area contributed by atoms with Gasteiger partial charge in [0.1, 0.15) is 0 Å². The van der Waals surface area contributed by atoms with Gasteiger partial charge in [-0.05, 0) is 247 Å². The van der Waals surface area contributed by atoms with Gasteiger partial charge in [0, 0.05) is 51.2 Å². The molecule has 7 aromatic rings. The molecule has 0 amide bonds. The van der Waals surface area contributed by atoms with Gasteiger partial charge < -0.3 is 14.7 Å². The van der Waals surface area contributed by atoms with E-state index in [1.165, 1.54) is 137 Å². The van der Waals surface area contributed by atoms with Gasteiger partial charge in [0.15, 0.2) is 0 Å². The summed E-state index contributed by atoms with van der Waals surface area (Å²) in [5, 5.41) is 0. The van der Waals surface area contributed by atoms with Crippen LogP contribution in [0.4, 0.5) is 51.2 Å². The molecule has 0 aromatic heterocycles. The summed E-state index contributed by atoms with van der Waals surface area (Å²) in [6, 6.07) is 47.3. The summed E-state index contributed by atoms with van der Waals surface area (Å²) in [4.78, 5) is 8.01. The number of fused-ring (bicyclic) bond motifs is 7. The Balaban J connectivity index is 1.19. The third-order valence-electron chi connectivity index (χ3n) is 21.2. The van der Waals surface area contributed by atoms with E-state index in [-0.39, 0.29) is 50.0 Å². The highest BCUT2D eigenvalue weighted by atomic mass is 15.2. The zero-order chi connectivity index (χ0) is 58.3. The minimum Gasteiger partial charge on any atom is -0.311 e. The molecule has 3 nitrogen and oxygen atoms in total. The summed E-state index contributed by atoms with van der Waals surface area (Å²) in [5.41, 5.74) is 31.4. The molecule has 7 aromatic carbocycles. The van der Waals surface area contributed by atoms with Gasteiger partial charge in [-0.1, -0.05) is 173 Å². The molecule has 81 heavy (non-hydrogen) atoms. The first-order chi connectivity index (χ1) is 37.6. The fourth-order valence-corrected chi connectivity index (χ4v) is 15.4. The first-order valence-corrected chi connectivity index (χ1v) is 31.0. The normalized spacial score (nSPS) is 19.4. The number of anilines is 9. The van der Waals surface area contributed by atoms with E-state index in [1.807, 2.05) is 0 Å². The van der Waals surface area contributed by atoms with Gasteiger partial charge >= 0.3 is 0 Å². The standard InChI is InChI=1S/C77H94BN3/c1-47-38-67-69-68(39-47)81(64-45-59-56(41-49(64)3)73(12,13)33-36-76(59,18)19)66-46-60-57(74(14,15)34-37-77(60,20)21)43-62(66)78(69)61-31-30-54(42-65(61)80(67)63-44-58-55(40-48(63)2)72(10,11)32-35-75(58,16)17)79(52-26-22-50(23-27-52)70(4,5)6)53-28-24-51(25-29-53)71(7,8)9/h22-31,38-46H,32-37H2,1-21H3. The molecular formula is C77H94BN3. The fourth-order valence-electron chi connectivity index (χ4n) is 15.4. The second-order valence-corrected chi connectivity index (χ2v) is 32.1. The highest BCUT2D eigenvalue weighted by molar-refractivity contribution is 7.00. The van der Waals surface area contributed by atoms with E-state index >= 15 is 0 Å². The van der Waals surface area contributed by atoms with Crippen LogP contribution in [0.3, 0.4) is 0 Å². The zero-order valence-corrected chi connectivity index (χ0v) is 53.6. The van der Waals surface area contributed by atoms with Crippen molar-refractivity contribution in [3.63, 3.8) is 0 Å². The van der Waals surface area contributed by atoms with Gasteiger partial charge in [-0.3, -0.25) is 0 Å². The predicted octanol–water partition coefficient (Wildman–Crippen LogP) is 19.8. The second-order valence-electron chi connectivity index (χ2n) is 32.1. The van der Waals surface area contributed by atoms with Crippen LogP contribution in [0.1, 0.15) is 224 Å². The molecule has 5 aliphatic rings. The molecule has 12 rings (SSSR count). The minimum atomic E-state index is -0.0134. The van der Waals surface area contributed by atoms with Gasteiger partial charge in [0.25, 0.3) is 6.71 Å². The summed E-state index contributed by atoms with van der Waals surface area (Å²) >= 11 is 0. The topological polar surface area (TPSA) is 9.72 Å². The van der Waals surface area contributed by atoms with Gasteiger partial charge in [-0.25, -0.2) is 0 Å². The Labute approximate surface area is 490 Å². The van der Waals surface area contributed by atoms with Crippen LogP contribution >= 0.6 is 0 Å². The van der Waals surface area contributed by atoms with E-state index in [0.717, 1.165) is 29.9 Å². The van der Waals surface area contributed by atoms with Crippen LogP contribution in [-0.2, 0) is 43.3 Å². The monoisotopic (exact) mass is 1070 g/mol. The van der Waals surface area contributed by atoms with Crippen molar-refractivity contribution in [3.05, 3.63) is 176 Å². The Hall–Kier alpha value is -6.00. The summed E-state index contributed by atoms with van der Waals surface area (Å²) in [7, 11) is 0. The number of hydrogen-bond donors (Lipinski definition) is 0. The van der Waals surface area contributed by atoms with Crippen LogP contribution in [0.15, 0.2) is 115 Å². The van der Waals surface area contributed by atoms with Crippen LogP contribution in [0.2, 0.25) is 0 Å². The first-order valence-electron chi connectivity index (χ1n) is 31.0. The molecule has 0 bridgehead atoms. The Morgan fingerprint density at radius 1 is 0.346 bits per heavy atom. The SMILES string of the molecule is Cc1cc2c3c(c1)N(c1cc4c(cc1C)C(C)(C)CCC4(C)C)c1cc4c(cc1B3c1ccc(N(c3ccc(C(C)(C)C)cc3)c3ccc(C(C)(C)C)cc3)cc1N2c1cc2c(cc1C)C(C)(C)CCC2(C)C)C(C)(C)CCC4(C)C. The fraction of sp³-hybridized carbons (Fsp3) is 0.455. The molecule has 2 aliphatic heterocycles. The van der Waals surface area contributed by atoms with E-state index in [9.17, 15) is 0 Å². The molecule has 420 valence electrons. The zero-order valence-electron chi connectivity index (χ0n) is 53.6. The van der Waals surface area contributed by atoms with Gasteiger partial charge in [-0.2, -0.15) is 0 Å². The quantitative estimate of drug-likeness (QED) is 0.159. The molecule has 0 radical (unpaired) electrons.